The van der Waals surface area contributed by atoms with Crippen LogP contribution in [0.4, 0.5) is 0 Å². The maximum absolute atomic E-state index is 12.7. The standard InChI is InChI=1S/C20H20O3/c1-15(21)9-8-14-18(22)20(23)19(16-10-4-2-5-11-16)17-12-6-3-7-13-17/h2-7,10-13,19H,8-9,14H2,1H3. The Hall–Kier alpha value is -2.55. The topological polar surface area (TPSA) is 51.2 Å². The van der Waals surface area contributed by atoms with Crippen LogP contribution in [0.15, 0.2) is 60.7 Å². The molecule has 118 valence electrons. The molecule has 0 atom stereocenters. The molecule has 3 heteroatoms. The van der Waals surface area contributed by atoms with Crippen LogP contribution in [0.2, 0.25) is 0 Å². The number of Topliss-reactive ketones (excluding diaryl/α,β-unsaturated/α-hetero) is 3. The van der Waals surface area contributed by atoms with E-state index in [1.54, 1.807) is 0 Å². The lowest BCUT2D eigenvalue weighted by atomic mass is 9.85. The molecule has 2 aromatic carbocycles. The average molecular weight is 308 g/mol. The fourth-order valence-corrected chi connectivity index (χ4v) is 2.57. The highest BCUT2D eigenvalue weighted by Crippen LogP contribution is 2.26. The molecule has 0 radical (unpaired) electrons. The van der Waals surface area contributed by atoms with Crippen molar-refractivity contribution in [2.45, 2.75) is 32.1 Å². The van der Waals surface area contributed by atoms with Gasteiger partial charge in [0.25, 0.3) is 0 Å². The highest BCUT2D eigenvalue weighted by Gasteiger charge is 2.27. The zero-order valence-electron chi connectivity index (χ0n) is 13.2. The molecule has 0 aliphatic heterocycles. The molecule has 0 spiro atoms. The fraction of sp³-hybridized carbons (Fsp3) is 0.250. The Morgan fingerprint density at radius 1 is 0.783 bits per heavy atom. The van der Waals surface area contributed by atoms with E-state index in [1.807, 2.05) is 60.7 Å². The third-order valence-corrected chi connectivity index (χ3v) is 3.74. The lowest BCUT2D eigenvalue weighted by Crippen LogP contribution is -2.23. The molecule has 0 aliphatic rings. The van der Waals surface area contributed by atoms with Gasteiger partial charge in [-0.2, -0.15) is 0 Å². The molecule has 0 N–H and O–H groups in total. The van der Waals surface area contributed by atoms with E-state index in [0.717, 1.165) is 11.1 Å². The van der Waals surface area contributed by atoms with Crippen LogP contribution in [0.25, 0.3) is 0 Å². The number of carbonyl (C=O) groups excluding carboxylic acids is 3. The van der Waals surface area contributed by atoms with Crippen LogP contribution in [0.3, 0.4) is 0 Å². The number of hydrogen-bond acceptors (Lipinski definition) is 3. The molecule has 0 unspecified atom stereocenters. The molecule has 2 rings (SSSR count). The van der Waals surface area contributed by atoms with E-state index < -0.39 is 17.5 Å². The predicted molar refractivity (Wildman–Crippen MR) is 89.3 cm³/mol. The monoisotopic (exact) mass is 308 g/mol. The van der Waals surface area contributed by atoms with E-state index in [2.05, 4.69) is 0 Å². The first-order valence-corrected chi connectivity index (χ1v) is 7.76. The summed E-state index contributed by atoms with van der Waals surface area (Å²) in [5.41, 5.74) is 1.62. The number of benzene rings is 2. The summed E-state index contributed by atoms with van der Waals surface area (Å²) >= 11 is 0. The SMILES string of the molecule is CC(=O)CCCC(=O)C(=O)C(c1ccccc1)c1ccccc1. The molecular weight excluding hydrogens is 288 g/mol. The Balaban J connectivity index is 2.22. The van der Waals surface area contributed by atoms with E-state index in [-0.39, 0.29) is 12.2 Å². The van der Waals surface area contributed by atoms with Crippen molar-refractivity contribution in [3.05, 3.63) is 71.8 Å². The van der Waals surface area contributed by atoms with Gasteiger partial charge in [0.1, 0.15) is 5.78 Å². The van der Waals surface area contributed by atoms with Gasteiger partial charge in [0.05, 0.1) is 5.92 Å². The van der Waals surface area contributed by atoms with Crippen LogP contribution in [0.5, 0.6) is 0 Å². The summed E-state index contributed by atoms with van der Waals surface area (Å²) in [4.78, 5) is 35.9. The maximum Gasteiger partial charge on any atom is 0.210 e. The predicted octanol–water partition coefficient (Wildman–Crippen LogP) is 3.72. The number of carbonyl (C=O) groups is 3. The van der Waals surface area contributed by atoms with Crippen molar-refractivity contribution >= 4 is 17.3 Å². The lowest BCUT2D eigenvalue weighted by molar-refractivity contribution is -0.137. The lowest BCUT2D eigenvalue weighted by Gasteiger charge is -2.16. The zero-order chi connectivity index (χ0) is 16.7. The zero-order valence-corrected chi connectivity index (χ0v) is 13.2. The van der Waals surface area contributed by atoms with Gasteiger partial charge in [0.2, 0.25) is 5.78 Å². The van der Waals surface area contributed by atoms with E-state index in [1.165, 1.54) is 6.92 Å². The highest BCUT2D eigenvalue weighted by atomic mass is 16.2. The second-order valence-electron chi connectivity index (χ2n) is 5.60. The molecule has 2 aromatic rings. The molecule has 0 amide bonds. The van der Waals surface area contributed by atoms with E-state index in [9.17, 15) is 14.4 Å². The third-order valence-electron chi connectivity index (χ3n) is 3.74. The van der Waals surface area contributed by atoms with Crippen molar-refractivity contribution in [2.75, 3.05) is 0 Å². The van der Waals surface area contributed by atoms with Gasteiger partial charge in [-0.15, -0.1) is 0 Å². The summed E-state index contributed by atoms with van der Waals surface area (Å²) in [5, 5.41) is 0. The second kappa shape index (κ2) is 8.18. The summed E-state index contributed by atoms with van der Waals surface area (Å²) in [6.45, 7) is 1.49. The van der Waals surface area contributed by atoms with E-state index in [4.69, 9.17) is 0 Å². The summed E-state index contributed by atoms with van der Waals surface area (Å²) < 4.78 is 0. The summed E-state index contributed by atoms with van der Waals surface area (Å²) in [6, 6.07) is 18.6. The van der Waals surface area contributed by atoms with Crippen molar-refractivity contribution in [1.82, 2.24) is 0 Å². The van der Waals surface area contributed by atoms with Gasteiger partial charge in [-0.3, -0.25) is 9.59 Å². The Morgan fingerprint density at radius 3 is 1.70 bits per heavy atom. The normalized spacial score (nSPS) is 10.5. The van der Waals surface area contributed by atoms with E-state index >= 15 is 0 Å². The molecular formula is C20H20O3. The van der Waals surface area contributed by atoms with Gasteiger partial charge in [-0.05, 0) is 24.5 Å². The van der Waals surface area contributed by atoms with Crippen LogP contribution in [-0.4, -0.2) is 17.3 Å². The van der Waals surface area contributed by atoms with Crippen molar-refractivity contribution in [1.29, 1.82) is 0 Å². The Bertz CT molecular complexity index is 635. The van der Waals surface area contributed by atoms with Crippen molar-refractivity contribution < 1.29 is 14.4 Å². The largest absolute Gasteiger partial charge is 0.300 e. The Labute approximate surface area is 136 Å². The van der Waals surface area contributed by atoms with Crippen LogP contribution in [-0.2, 0) is 14.4 Å². The quantitative estimate of drug-likeness (QED) is 0.698. The number of ketones is 3. The van der Waals surface area contributed by atoms with Gasteiger partial charge in [-0.1, -0.05) is 60.7 Å². The third kappa shape index (κ3) is 4.71. The molecule has 0 bridgehead atoms. The molecule has 0 aromatic heterocycles. The van der Waals surface area contributed by atoms with Crippen molar-refractivity contribution in [3.8, 4) is 0 Å². The summed E-state index contributed by atoms with van der Waals surface area (Å²) in [5.74, 6) is -1.37. The molecule has 0 saturated heterocycles. The minimum absolute atomic E-state index is 0.0351. The maximum atomic E-state index is 12.7. The summed E-state index contributed by atoms with van der Waals surface area (Å²) in [6.07, 6.45) is 0.880. The number of hydrogen-bond donors (Lipinski definition) is 0. The summed E-state index contributed by atoms with van der Waals surface area (Å²) in [7, 11) is 0. The van der Waals surface area contributed by atoms with Gasteiger partial charge in [-0.25, -0.2) is 0 Å². The van der Waals surface area contributed by atoms with Gasteiger partial charge in [0.15, 0.2) is 5.78 Å². The Kier molecular flexibility index (Phi) is 5.98. The van der Waals surface area contributed by atoms with Crippen LogP contribution in [0, 0.1) is 0 Å². The van der Waals surface area contributed by atoms with Crippen molar-refractivity contribution in [3.63, 3.8) is 0 Å². The van der Waals surface area contributed by atoms with Crippen LogP contribution < -0.4 is 0 Å². The molecule has 0 heterocycles. The highest BCUT2D eigenvalue weighted by molar-refractivity contribution is 6.39. The molecule has 0 aliphatic carbocycles. The van der Waals surface area contributed by atoms with Gasteiger partial charge in [0, 0.05) is 12.8 Å². The number of rotatable bonds is 8. The Morgan fingerprint density at radius 2 is 1.26 bits per heavy atom. The first-order chi connectivity index (χ1) is 11.1. The smallest absolute Gasteiger partial charge is 0.210 e. The fourth-order valence-electron chi connectivity index (χ4n) is 2.57. The van der Waals surface area contributed by atoms with Gasteiger partial charge < -0.3 is 4.79 Å². The molecule has 3 nitrogen and oxygen atoms in total. The molecule has 0 fully saturated rings. The molecule has 23 heavy (non-hydrogen) atoms. The minimum atomic E-state index is -0.581. The second-order valence-corrected chi connectivity index (χ2v) is 5.60. The first-order valence-electron chi connectivity index (χ1n) is 7.76. The van der Waals surface area contributed by atoms with E-state index in [0.29, 0.717) is 12.8 Å². The van der Waals surface area contributed by atoms with Gasteiger partial charge >= 0.3 is 0 Å². The van der Waals surface area contributed by atoms with Crippen LogP contribution >= 0.6 is 0 Å². The van der Waals surface area contributed by atoms with Crippen LogP contribution in [0.1, 0.15) is 43.2 Å². The first kappa shape index (κ1) is 16.8. The average Bonchev–Trinajstić information content (AvgIpc) is 2.56. The minimum Gasteiger partial charge on any atom is -0.300 e. The van der Waals surface area contributed by atoms with Crippen molar-refractivity contribution in [2.24, 2.45) is 0 Å². The molecule has 0 saturated carbocycles.